The van der Waals surface area contributed by atoms with E-state index >= 15 is 0 Å². The molecule has 0 amide bonds. The van der Waals surface area contributed by atoms with Crippen molar-refractivity contribution in [1.82, 2.24) is 9.88 Å². The van der Waals surface area contributed by atoms with E-state index in [1.54, 1.807) is 19.2 Å². The molecule has 0 fully saturated rings. The minimum Gasteiger partial charge on any atom is -0.496 e. The number of hydrogen-bond acceptors (Lipinski definition) is 5. The monoisotopic (exact) mass is 324 g/mol. The van der Waals surface area contributed by atoms with Crippen molar-refractivity contribution in [3.63, 3.8) is 0 Å². The molecule has 0 unspecified atom stereocenters. The van der Waals surface area contributed by atoms with E-state index in [1.165, 1.54) is 6.07 Å². The van der Waals surface area contributed by atoms with Gasteiger partial charge in [0.2, 0.25) is 10.0 Å². The van der Waals surface area contributed by atoms with Crippen LogP contribution in [0.2, 0.25) is 0 Å². The molecule has 0 aliphatic carbocycles. The number of aryl methyl sites for hydroxylation is 3. The van der Waals surface area contributed by atoms with Crippen LogP contribution >= 0.6 is 0 Å². The molecular formula is C15H20N2O4S. The van der Waals surface area contributed by atoms with Crippen molar-refractivity contribution in [1.29, 1.82) is 0 Å². The van der Waals surface area contributed by atoms with E-state index in [2.05, 4.69) is 9.88 Å². The highest BCUT2D eigenvalue weighted by molar-refractivity contribution is 7.89. The Kier molecular flexibility index (Phi) is 4.87. The molecule has 6 nitrogen and oxygen atoms in total. The summed E-state index contributed by atoms with van der Waals surface area (Å²) in [6.07, 6.45) is 0.537. The third kappa shape index (κ3) is 3.48. The molecule has 0 saturated heterocycles. The van der Waals surface area contributed by atoms with Crippen molar-refractivity contribution < 1.29 is 17.7 Å². The molecule has 0 radical (unpaired) electrons. The van der Waals surface area contributed by atoms with Crippen LogP contribution in [0.15, 0.2) is 27.6 Å². The summed E-state index contributed by atoms with van der Waals surface area (Å²) < 4.78 is 37.4. The van der Waals surface area contributed by atoms with E-state index < -0.39 is 10.0 Å². The summed E-state index contributed by atoms with van der Waals surface area (Å²) in [5.41, 5.74) is 2.50. The Morgan fingerprint density at radius 1 is 1.27 bits per heavy atom. The van der Waals surface area contributed by atoms with Gasteiger partial charge in [0, 0.05) is 12.1 Å². The normalized spacial score (nSPS) is 11.6. The van der Waals surface area contributed by atoms with Crippen molar-refractivity contribution in [3.8, 4) is 5.75 Å². The zero-order chi connectivity index (χ0) is 16.3. The first-order chi connectivity index (χ1) is 10.3. The van der Waals surface area contributed by atoms with Crippen LogP contribution < -0.4 is 9.46 Å². The Balaban J connectivity index is 2.07. The molecule has 1 N–H and O–H groups in total. The average molecular weight is 324 g/mol. The van der Waals surface area contributed by atoms with Gasteiger partial charge in [-0.3, -0.25) is 0 Å². The lowest BCUT2D eigenvalue weighted by Gasteiger charge is -2.09. The van der Waals surface area contributed by atoms with Gasteiger partial charge < -0.3 is 9.26 Å². The highest BCUT2D eigenvalue weighted by Crippen LogP contribution is 2.21. The fourth-order valence-corrected chi connectivity index (χ4v) is 3.39. The number of hydrogen-bond donors (Lipinski definition) is 1. The van der Waals surface area contributed by atoms with Crippen LogP contribution in [0, 0.1) is 20.8 Å². The van der Waals surface area contributed by atoms with E-state index in [9.17, 15) is 8.42 Å². The number of nitrogens with one attached hydrogen (secondary N) is 1. The summed E-state index contributed by atoms with van der Waals surface area (Å²) in [7, 11) is -1.99. The van der Waals surface area contributed by atoms with E-state index in [4.69, 9.17) is 9.26 Å². The summed E-state index contributed by atoms with van der Waals surface area (Å²) in [6, 6.07) is 4.78. The minimum atomic E-state index is -3.54. The molecule has 1 aromatic carbocycles. The molecule has 0 spiro atoms. The van der Waals surface area contributed by atoms with Crippen molar-refractivity contribution >= 4 is 10.0 Å². The Labute approximate surface area is 130 Å². The molecular weight excluding hydrogens is 304 g/mol. The third-order valence-corrected chi connectivity index (χ3v) is 4.98. The van der Waals surface area contributed by atoms with Gasteiger partial charge in [0.1, 0.15) is 11.5 Å². The van der Waals surface area contributed by atoms with Gasteiger partial charge in [0.05, 0.1) is 17.7 Å². The second-order valence-electron chi connectivity index (χ2n) is 5.08. The molecule has 0 bridgehead atoms. The molecule has 0 atom stereocenters. The summed E-state index contributed by atoms with van der Waals surface area (Å²) in [4.78, 5) is 0.226. The summed E-state index contributed by atoms with van der Waals surface area (Å²) in [6.45, 7) is 5.75. The second kappa shape index (κ2) is 6.50. The van der Waals surface area contributed by atoms with Crippen molar-refractivity contribution in [2.75, 3.05) is 13.7 Å². The summed E-state index contributed by atoms with van der Waals surface area (Å²) in [5.74, 6) is 1.38. The number of methoxy groups -OCH3 is 1. The van der Waals surface area contributed by atoms with Gasteiger partial charge in [-0.15, -0.1) is 0 Å². The van der Waals surface area contributed by atoms with E-state index in [1.807, 2.05) is 20.8 Å². The zero-order valence-corrected chi connectivity index (χ0v) is 14.0. The number of rotatable bonds is 6. The molecule has 0 aliphatic rings. The van der Waals surface area contributed by atoms with Crippen LogP contribution in [0.4, 0.5) is 0 Å². The number of aromatic nitrogens is 1. The highest BCUT2D eigenvalue weighted by Gasteiger charge is 2.16. The van der Waals surface area contributed by atoms with Gasteiger partial charge in [-0.2, -0.15) is 0 Å². The Morgan fingerprint density at radius 2 is 2.00 bits per heavy atom. The standard InChI is InChI=1S/C15H20N2O4S/c1-10-9-13(5-6-15(10)20-4)22(18,19)16-8-7-14-11(2)17-21-12(14)3/h5-6,9,16H,7-8H2,1-4H3. The molecule has 7 heteroatoms. The molecule has 2 rings (SSSR count). The first-order valence-electron chi connectivity index (χ1n) is 6.91. The maximum atomic E-state index is 12.3. The van der Waals surface area contributed by atoms with E-state index in [0.29, 0.717) is 12.2 Å². The maximum Gasteiger partial charge on any atom is 0.240 e. The first kappa shape index (κ1) is 16.5. The molecule has 0 saturated carbocycles. The lowest BCUT2D eigenvalue weighted by Crippen LogP contribution is -2.26. The largest absolute Gasteiger partial charge is 0.496 e. The summed E-state index contributed by atoms with van der Waals surface area (Å²) in [5, 5.41) is 3.85. The topological polar surface area (TPSA) is 81.4 Å². The Hall–Kier alpha value is -1.86. The van der Waals surface area contributed by atoms with Crippen LogP contribution in [0.1, 0.15) is 22.6 Å². The lowest BCUT2D eigenvalue weighted by molar-refractivity contribution is 0.392. The van der Waals surface area contributed by atoms with Gasteiger partial charge in [0.15, 0.2) is 0 Å². The van der Waals surface area contributed by atoms with Gasteiger partial charge in [0.25, 0.3) is 0 Å². The first-order valence-corrected chi connectivity index (χ1v) is 8.39. The van der Waals surface area contributed by atoms with Crippen LogP contribution in [-0.4, -0.2) is 27.2 Å². The molecule has 22 heavy (non-hydrogen) atoms. The van der Waals surface area contributed by atoms with Gasteiger partial charge in [-0.25, -0.2) is 13.1 Å². The van der Waals surface area contributed by atoms with Crippen LogP contribution in [0.3, 0.4) is 0 Å². The van der Waals surface area contributed by atoms with E-state index in [-0.39, 0.29) is 11.4 Å². The number of sulfonamides is 1. The second-order valence-corrected chi connectivity index (χ2v) is 6.85. The fraction of sp³-hybridized carbons (Fsp3) is 0.400. The van der Waals surface area contributed by atoms with Crippen molar-refractivity contribution in [2.45, 2.75) is 32.1 Å². The summed E-state index contributed by atoms with van der Waals surface area (Å²) >= 11 is 0. The van der Waals surface area contributed by atoms with E-state index in [0.717, 1.165) is 22.6 Å². The SMILES string of the molecule is COc1ccc(S(=O)(=O)NCCc2c(C)noc2C)cc1C. The third-order valence-electron chi connectivity index (χ3n) is 3.52. The molecule has 2 aromatic rings. The van der Waals surface area contributed by atoms with Crippen molar-refractivity contribution in [3.05, 3.63) is 40.8 Å². The van der Waals surface area contributed by atoms with Crippen LogP contribution in [0.5, 0.6) is 5.75 Å². The Bertz CT molecular complexity index is 746. The van der Waals surface area contributed by atoms with Crippen LogP contribution in [0.25, 0.3) is 0 Å². The van der Waals surface area contributed by atoms with Gasteiger partial charge in [-0.1, -0.05) is 5.16 Å². The fourth-order valence-electron chi connectivity index (χ4n) is 2.27. The van der Waals surface area contributed by atoms with Crippen molar-refractivity contribution in [2.24, 2.45) is 0 Å². The number of nitrogens with zero attached hydrogens (tertiary/aromatic N) is 1. The van der Waals surface area contributed by atoms with Crippen LogP contribution in [-0.2, 0) is 16.4 Å². The molecule has 1 heterocycles. The predicted molar refractivity (Wildman–Crippen MR) is 82.6 cm³/mol. The Morgan fingerprint density at radius 3 is 2.55 bits per heavy atom. The average Bonchev–Trinajstić information content (AvgIpc) is 2.78. The number of benzene rings is 1. The van der Waals surface area contributed by atoms with Gasteiger partial charge >= 0.3 is 0 Å². The molecule has 1 aromatic heterocycles. The predicted octanol–water partition coefficient (Wildman–Crippen LogP) is 2.13. The molecule has 0 aliphatic heterocycles. The van der Waals surface area contributed by atoms with Gasteiger partial charge in [-0.05, 0) is 51.0 Å². The lowest BCUT2D eigenvalue weighted by atomic mass is 10.1. The number of ether oxygens (including phenoxy) is 1. The zero-order valence-electron chi connectivity index (χ0n) is 13.1. The maximum absolute atomic E-state index is 12.3. The molecule has 120 valence electrons. The minimum absolute atomic E-state index is 0.226. The highest BCUT2D eigenvalue weighted by atomic mass is 32.2. The quantitative estimate of drug-likeness (QED) is 0.880. The smallest absolute Gasteiger partial charge is 0.240 e.